The van der Waals surface area contributed by atoms with E-state index < -0.39 is 24.1 Å². The molecule has 0 spiro atoms. The molecule has 3 nitrogen and oxygen atoms in total. The molecule has 0 saturated heterocycles. The molecule has 0 aromatic heterocycles. The first-order chi connectivity index (χ1) is 6.54. The third kappa shape index (κ3) is 2.05. The second-order valence-electron chi connectivity index (χ2n) is 2.71. The van der Waals surface area contributed by atoms with Crippen LogP contribution in [0.5, 0.6) is 0 Å². The second-order valence-corrected chi connectivity index (χ2v) is 2.71. The Balaban J connectivity index is 2.94. The summed E-state index contributed by atoms with van der Waals surface area (Å²) < 4.78 is 25.7. The largest absolute Gasteiger partial charge is 0.479 e. The topological polar surface area (TPSA) is 57.5 Å². The molecule has 14 heavy (non-hydrogen) atoms. The minimum atomic E-state index is -2.52. The number of carbonyl (C=O) groups is 1. The fourth-order valence-electron chi connectivity index (χ4n) is 1.01. The van der Waals surface area contributed by atoms with Crippen LogP contribution in [-0.4, -0.2) is 22.4 Å². The molecular weight excluding hydrogens is 194 g/mol. The number of aliphatic hydroxyl groups is 1. The molecule has 2 atom stereocenters. The fourth-order valence-corrected chi connectivity index (χ4v) is 1.01. The average Bonchev–Trinajstić information content (AvgIpc) is 2.16. The SMILES string of the molecule is O=C(O)C(F)C(O)c1ccccc1F. The number of carboxylic acid groups (broad SMARTS) is 1. The van der Waals surface area contributed by atoms with E-state index in [2.05, 4.69) is 0 Å². The van der Waals surface area contributed by atoms with E-state index in [-0.39, 0.29) is 5.56 Å². The van der Waals surface area contributed by atoms with Crippen LogP contribution >= 0.6 is 0 Å². The molecule has 5 heteroatoms. The summed E-state index contributed by atoms with van der Waals surface area (Å²) >= 11 is 0. The lowest BCUT2D eigenvalue weighted by molar-refractivity contribution is -0.147. The summed E-state index contributed by atoms with van der Waals surface area (Å²) in [4.78, 5) is 10.2. The first-order valence-electron chi connectivity index (χ1n) is 3.83. The van der Waals surface area contributed by atoms with Crippen molar-refractivity contribution in [1.29, 1.82) is 0 Å². The van der Waals surface area contributed by atoms with Gasteiger partial charge in [-0.25, -0.2) is 13.6 Å². The van der Waals surface area contributed by atoms with Crippen molar-refractivity contribution in [3.63, 3.8) is 0 Å². The third-order valence-corrected chi connectivity index (χ3v) is 1.74. The van der Waals surface area contributed by atoms with Crippen molar-refractivity contribution in [3.05, 3.63) is 35.6 Å². The number of alkyl halides is 1. The van der Waals surface area contributed by atoms with Crippen LogP contribution in [-0.2, 0) is 4.79 Å². The van der Waals surface area contributed by atoms with Gasteiger partial charge in [-0.15, -0.1) is 0 Å². The van der Waals surface area contributed by atoms with Gasteiger partial charge in [0.05, 0.1) is 0 Å². The molecule has 0 saturated carbocycles. The Morgan fingerprint density at radius 1 is 1.36 bits per heavy atom. The van der Waals surface area contributed by atoms with Crippen LogP contribution in [0.4, 0.5) is 8.78 Å². The Labute approximate surface area is 78.6 Å². The summed E-state index contributed by atoms with van der Waals surface area (Å²) in [5.74, 6) is -2.65. The molecule has 0 fully saturated rings. The summed E-state index contributed by atoms with van der Waals surface area (Å²) in [7, 11) is 0. The highest BCUT2D eigenvalue weighted by Gasteiger charge is 2.28. The number of carboxylic acids is 1. The molecule has 76 valence electrons. The zero-order valence-corrected chi connectivity index (χ0v) is 7.02. The van der Waals surface area contributed by atoms with Gasteiger partial charge in [-0.2, -0.15) is 0 Å². The van der Waals surface area contributed by atoms with E-state index >= 15 is 0 Å². The van der Waals surface area contributed by atoms with Crippen molar-refractivity contribution in [2.75, 3.05) is 0 Å². The Morgan fingerprint density at radius 3 is 2.43 bits per heavy atom. The molecule has 1 aromatic carbocycles. The fraction of sp³-hybridized carbons (Fsp3) is 0.222. The van der Waals surface area contributed by atoms with E-state index in [0.29, 0.717) is 0 Å². The predicted molar refractivity (Wildman–Crippen MR) is 43.9 cm³/mol. The molecular formula is C9H8F2O3. The monoisotopic (exact) mass is 202 g/mol. The highest BCUT2D eigenvalue weighted by atomic mass is 19.1. The lowest BCUT2D eigenvalue weighted by Crippen LogP contribution is -2.23. The Morgan fingerprint density at radius 2 is 1.93 bits per heavy atom. The number of benzene rings is 1. The predicted octanol–water partition coefficient (Wildman–Crippen LogP) is 1.28. The van der Waals surface area contributed by atoms with Crippen molar-refractivity contribution in [2.24, 2.45) is 0 Å². The maximum Gasteiger partial charge on any atom is 0.341 e. The van der Waals surface area contributed by atoms with Crippen molar-refractivity contribution in [3.8, 4) is 0 Å². The Kier molecular flexibility index (Phi) is 3.14. The van der Waals surface area contributed by atoms with Crippen molar-refractivity contribution in [1.82, 2.24) is 0 Å². The first kappa shape index (κ1) is 10.6. The molecule has 0 heterocycles. The van der Waals surface area contributed by atoms with E-state index in [1.165, 1.54) is 12.1 Å². The van der Waals surface area contributed by atoms with Gasteiger partial charge in [0.2, 0.25) is 6.17 Å². The molecule has 1 aromatic rings. The molecule has 0 aliphatic carbocycles. The van der Waals surface area contributed by atoms with Crippen molar-refractivity contribution in [2.45, 2.75) is 12.3 Å². The zero-order valence-electron chi connectivity index (χ0n) is 7.02. The Hall–Kier alpha value is -1.49. The molecule has 2 N–H and O–H groups in total. The van der Waals surface area contributed by atoms with Crippen LogP contribution in [0.3, 0.4) is 0 Å². The quantitative estimate of drug-likeness (QED) is 0.776. The summed E-state index contributed by atoms with van der Waals surface area (Å²) in [6.07, 6.45) is -4.50. The van der Waals surface area contributed by atoms with Crippen molar-refractivity contribution >= 4 is 5.97 Å². The van der Waals surface area contributed by atoms with Gasteiger partial charge in [-0.3, -0.25) is 0 Å². The van der Waals surface area contributed by atoms with E-state index in [0.717, 1.165) is 12.1 Å². The number of rotatable bonds is 3. The minimum absolute atomic E-state index is 0.359. The smallest absolute Gasteiger partial charge is 0.341 e. The maximum atomic E-state index is 12.9. The highest BCUT2D eigenvalue weighted by molar-refractivity contribution is 5.73. The van der Waals surface area contributed by atoms with Gasteiger partial charge in [0, 0.05) is 5.56 Å². The highest BCUT2D eigenvalue weighted by Crippen LogP contribution is 2.21. The molecule has 1 rings (SSSR count). The van der Waals surface area contributed by atoms with Gasteiger partial charge in [0.25, 0.3) is 0 Å². The summed E-state index contributed by atoms with van der Waals surface area (Å²) in [6.45, 7) is 0. The van der Waals surface area contributed by atoms with E-state index in [1.54, 1.807) is 0 Å². The van der Waals surface area contributed by atoms with Crippen LogP contribution in [0, 0.1) is 5.82 Å². The van der Waals surface area contributed by atoms with Gasteiger partial charge < -0.3 is 10.2 Å². The minimum Gasteiger partial charge on any atom is -0.479 e. The molecule has 0 aliphatic heterocycles. The van der Waals surface area contributed by atoms with Crippen LogP contribution in [0.15, 0.2) is 24.3 Å². The molecule has 0 radical (unpaired) electrons. The molecule has 2 unspecified atom stereocenters. The molecule has 0 amide bonds. The van der Waals surface area contributed by atoms with Crippen LogP contribution < -0.4 is 0 Å². The first-order valence-corrected chi connectivity index (χ1v) is 3.83. The third-order valence-electron chi connectivity index (χ3n) is 1.74. The van der Waals surface area contributed by atoms with Gasteiger partial charge >= 0.3 is 5.97 Å². The zero-order chi connectivity index (χ0) is 10.7. The molecule has 0 aliphatic rings. The lowest BCUT2D eigenvalue weighted by atomic mass is 10.1. The van der Waals surface area contributed by atoms with Crippen LogP contribution in [0.25, 0.3) is 0 Å². The summed E-state index contributed by atoms with van der Waals surface area (Å²) in [5.41, 5.74) is -0.359. The van der Waals surface area contributed by atoms with E-state index in [9.17, 15) is 13.6 Å². The van der Waals surface area contributed by atoms with Gasteiger partial charge in [0.1, 0.15) is 11.9 Å². The Bertz CT molecular complexity index is 341. The number of halogens is 2. The van der Waals surface area contributed by atoms with Gasteiger partial charge in [0.15, 0.2) is 0 Å². The number of aliphatic hydroxyl groups excluding tert-OH is 1. The van der Waals surface area contributed by atoms with Crippen LogP contribution in [0.2, 0.25) is 0 Å². The number of aliphatic carboxylic acids is 1. The summed E-state index contributed by atoms with van der Waals surface area (Å²) in [6, 6.07) is 4.90. The number of hydrogen-bond acceptors (Lipinski definition) is 2. The normalized spacial score (nSPS) is 14.8. The van der Waals surface area contributed by atoms with E-state index in [1.807, 2.05) is 0 Å². The van der Waals surface area contributed by atoms with E-state index in [4.69, 9.17) is 10.2 Å². The van der Waals surface area contributed by atoms with Crippen molar-refractivity contribution < 1.29 is 23.8 Å². The van der Waals surface area contributed by atoms with Gasteiger partial charge in [-0.1, -0.05) is 18.2 Å². The van der Waals surface area contributed by atoms with Crippen LogP contribution in [0.1, 0.15) is 11.7 Å². The average molecular weight is 202 g/mol. The lowest BCUT2D eigenvalue weighted by Gasteiger charge is -2.12. The standard InChI is InChI=1S/C9H8F2O3/c10-6-4-2-1-3-5(6)8(12)7(11)9(13)14/h1-4,7-8,12H,(H,13,14). The molecule has 0 bridgehead atoms. The summed E-state index contributed by atoms with van der Waals surface area (Å²) in [5, 5.41) is 17.4. The second kappa shape index (κ2) is 4.15. The number of hydrogen-bond donors (Lipinski definition) is 2. The van der Waals surface area contributed by atoms with Gasteiger partial charge in [-0.05, 0) is 6.07 Å². The maximum absolute atomic E-state index is 12.9.